The Hall–Kier alpha value is -0.520. The first-order chi connectivity index (χ1) is 12.0. The molecule has 1 atom stereocenters. The summed E-state index contributed by atoms with van der Waals surface area (Å²) in [4.78, 5) is 13.2. The number of hydrogen-bond donors (Lipinski definition) is 1. The van der Waals surface area contributed by atoms with Gasteiger partial charge in [0.2, 0.25) is 5.91 Å². The maximum absolute atomic E-state index is 12.1. The SMILES string of the molecule is C[C@@H](Sc1ccc(Cl)cc1)C(=O)NCCSCc1c(Cl)cccc1Cl. The van der Waals surface area contributed by atoms with Crippen LogP contribution in [0.2, 0.25) is 15.1 Å². The number of nitrogens with one attached hydrogen (secondary N) is 1. The molecule has 0 aliphatic carbocycles. The van der Waals surface area contributed by atoms with Crippen LogP contribution in [0.3, 0.4) is 0 Å². The molecule has 0 heterocycles. The number of carbonyl (C=O) groups is 1. The maximum atomic E-state index is 12.1. The van der Waals surface area contributed by atoms with Crippen LogP contribution in [0, 0.1) is 0 Å². The van der Waals surface area contributed by atoms with E-state index in [4.69, 9.17) is 34.8 Å². The molecule has 7 heteroatoms. The summed E-state index contributed by atoms with van der Waals surface area (Å²) in [7, 11) is 0. The van der Waals surface area contributed by atoms with E-state index in [-0.39, 0.29) is 11.2 Å². The number of benzene rings is 2. The number of hydrogen-bond acceptors (Lipinski definition) is 3. The third-order valence-corrected chi connectivity index (χ3v) is 6.41. The lowest BCUT2D eigenvalue weighted by atomic mass is 10.2. The van der Waals surface area contributed by atoms with Crippen LogP contribution in [0.5, 0.6) is 0 Å². The molecule has 2 nitrogen and oxygen atoms in total. The fraction of sp³-hybridized carbons (Fsp3) is 0.278. The Bertz CT molecular complexity index is 690. The van der Waals surface area contributed by atoms with E-state index in [1.54, 1.807) is 11.8 Å². The van der Waals surface area contributed by atoms with Crippen molar-refractivity contribution in [2.45, 2.75) is 22.8 Å². The lowest BCUT2D eigenvalue weighted by Gasteiger charge is -2.12. The van der Waals surface area contributed by atoms with E-state index < -0.39 is 0 Å². The van der Waals surface area contributed by atoms with Crippen molar-refractivity contribution in [3.63, 3.8) is 0 Å². The Kier molecular flexibility index (Phi) is 8.80. The molecule has 2 aromatic rings. The summed E-state index contributed by atoms with van der Waals surface area (Å²) in [6.07, 6.45) is 0. The van der Waals surface area contributed by atoms with E-state index in [0.717, 1.165) is 22.0 Å². The van der Waals surface area contributed by atoms with Crippen molar-refractivity contribution in [1.82, 2.24) is 5.32 Å². The number of amides is 1. The van der Waals surface area contributed by atoms with Crippen molar-refractivity contribution in [3.8, 4) is 0 Å². The van der Waals surface area contributed by atoms with E-state index in [0.29, 0.717) is 21.6 Å². The first-order valence-corrected chi connectivity index (χ1v) is 10.8. The molecular formula is C18H18Cl3NOS2. The molecule has 1 amide bonds. The lowest BCUT2D eigenvalue weighted by Crippen LogP contribution is -2.32. The van der Waals surface area contributed by atoms with E-state index in [1.165, 1.54) is 11.8 Å². The fourth-order valence-corrected chi connectivity index (χ4v) is 4.62. The molecule has 0 fully saturated rings. The maximum Gasteiger partial charge on any atom is 0.233 e. The Labute approximate surface area is 172 Å². The van der Waals surface area contributed by atoms with Crippen molar-refractivity contribution in [2.24, 2.45) is 0 Å². The standard InChI is InChI=1S/C18H18Cl3NOS2/c1-12(25-14-7-5-13(19)6-8-14)18(23)22-9-10-24-11-15-16(20)3-2-4-17(15)21/h2-8,12H,9-11H2,1H3,(H,22,23)/t12-/m1/s1. The van der Waals surface area contributed by atoms with Gasteiger partial charge in [-0.2, -0.15) is 11.8 Å². The van der Waals surface area contributed by atoms with Crippen molar-refractivity contribution >= 4 is 64.2 Å². The first-order valence-electron chi connectivity index (χ1n) is 7.68. The molecular weight excluding hydrogens is 417 g/mol. The highest BCUT2D eigenvalue weighted by molar-refractivity contribution is 8.00. The number of carbonyl (C=O) groups excluding carboxylic acids is 1. The zero-order chi connectivity index (χ0) is 18.2. The normalized spacial score (nSPS) is 12.0. The minimum Gasteiger partial charge on any atom is -0.354 e. The van der Waals surface area contributed by atoms with Gasteiger partial charge in [-0.05, 0) is 48.9 Å². The predicted octanol–water partition coefficient (Wildman–Crippen LogP) is 6.18. The number of rotatable bonds is 8. The van der Waals surface area contributed by atoms with Gasteiger partial charge in [0.1, 0.15) is 0 Å². The molecule has 25 heavy (non-hydrogen) atoms. The van der Waals surface area contributed by atoms with Gasteiger partial charge in [0, 0.05) is 38.0 Å². The highest BCUT2D eigenvalue weighted by Crippen LogP contribution is 2.28. The van der Waals surface area contributed by atoms with Crippen LogP contribution in [0.25, 0.3) is 0 Å². The monoisotopic (exact) mass is 433 g/mol. The molecule has 0 aromatic heterocycles. The molecule has 0 saturated carbocycles. The molecule has 2 aromatic carbocycles. The number of halogens is 3. The minimum atomic E-state index is -0.163. The van der Waals surface area contributed by atoms with E-state index >= 15 is 0 Å². The molecule has 0 saturated heterocycles. The smallest absolute Gasteiger partial charge is 0.233 e. The Balaban J connectivity index is 1.68. The molecule has 2 rings (SSSR count). The van der Waals surface area contributed by atoms with Gasteiger partial charge in [-0.1, -0.05) is 40.9 Å². The van der Waals surface area contributed by atoms with Crippen LogP contribution in [0.1, 0.15) is 12.5 Å². The average Bonchev–Trinajstić information content (AvgIpc) is 2.58. The highest BCUT2D eigenvalue weighted by Gasteiger charge is 2.13. The Morgan fingerprint density at radius 1 is 1.08 bits per heavy atom. The van der Waals surface area contributed by atoms with Crippen LogP contribution < -0.4 is 5.32 Å². The van der Waals surface area contributed by atoms with Gasteiger partial charge in [0.15, 0.2) is 0 Å². The predicted molar refractivity (Wildman–Crippen MR) is 112 cm³/mol. The minimum absolute atomic E-state index is 0.0244. The van der Waals surface area contributed by atoms with Crippen LogP contribution in [0.4, 0.5) is 0 Å². The third-order valence-electron chi connectivity index (χ3n) is 3.35. The van der Waals surface area contributed by atoms with Gasteiger partial charge in [0.25, 0.3) is 0 Å². The summed E-state index contributed by atoms with van der Waals surface area (Å²) < 4.78 is 0. The summed E-state index contributed by atoms with van der Waals surface area (Å²) in [5.74, 6) is 1.55. The van der Waals surface area contributed by atoms with Crippen molar-refractivity contribution in [2.75, 3.05) is 12.3 Å². The van der Waals surface area contributed by atoms with Crippen molar-refractivity contribution in [3.05, 3.63) is 63.1 Å². The average molecular weight is 435 g/mol. The second kappa shape index (κ2) is 10.6. The van der Waals surface area contributed by atoms with Gasteiger partial charge < -0.3 is 5.32 Å². The number of thioether (sulfide) groups is 2. The molecule has 0 unspecified atom stereocenters. The first kappa shape index (κ1) is 20.8. The molecule has 1 N–H and O–H groups in total. The van der Waals surface area contributed by atoms with Crippen molar-refractivity contribution in [1.29, 1.82) is 0 Å². The van der Waals surface area contributed by atoms with Gasteiger partial charge >= 0.3 is 0 Å². The van der Waals surface area contributed by atoms with Gasteiger partial charge in [-0.3, -0.25) is 4.79 Å². The second-order valence-electron chi connectivity index (χ2n) is 5.26. The summed E-state index contributed by atoms with van der Waals surface area (Å²) >= 11 is 21.4. The largest absolute Gasteiger partial charge is 0.354 e. The topological polar surface area (TPSA) is 29.1 Å². The molecule has 0 aliphatic heterocycles. The summed E-state index contributed by atoms with van der Waals surface area (Å²) in [5, 5.41) is 4.84. The van der Waals surface area contributed by atoms with E-state index in [2.05, 4.69) is 5.32 Å². The van der Waals surface area contributed by atoms with Crippen LogP contribution >= 0.6 is 58.3 Å². The fourth-order valence-electron chi connectivity index (χ4n) is 2.01. The zero-order valence-electron chi connectivity index (χ0n) is 13.6. The van der Waals surface area contributed by atoms with E-state index in [9.17, 15) is 4.79 Å². The second-order valence-corrected chi connectivity index (χ2v) is 9.03. The molecule has 134 valence electrons. The molecule has 0 aliphatic rings. The van der Waals surface area contributed by atoms with Crippen LogP contribution in [-0.4, -0.2) is 23.5 Å². The lowest BCUT2D eigenvalue weighted by molar-refractivity contribution is -0.120. The van der Waals surface area contributed by atoms with Crippen molar-refractivity contribution < 1.29 is 4.79 Å². The highest BCUT2D eigenvalue weighted by atomic mass is 35.5. The van der Waals surface area contributed by atoms with Gasteiger partial charge in [-0.15, -0.1) is 11.8 Å². The summed E-state index contributed by atoms with van der Waals surface area (Å²) in [6, 6.07) is 13.0. The summed E-state index contributed by atoms with van der Waals surface area (Å²) in [6.45, 7) is 2.50. The van der Waals surface area contributed by atoms with Crippen LogP contribution in [-0.2, 0) is 10.5 Å². The Morgan fingerprint density at radius 3 is 2.36 bits per heavy atom. The molecule has 0 spiro atoms. The van der Waals surface area contributed by atoms with Crippen LogP contribution in [0.15, 0.2) is 47.4 Å². The van der Waals surface area contributed by atoms with E-state index in [1.807, 2.05) is 49.4 Å². The van der Waals surface area contributed by atoms with Gasteiger partial charge in [-0.25, -0.2) is 0 Å². The zero-order valence-corrected chi connectivity index (χ0v) is 17.5. The van der Waals surface area contributed by atoms with Gasteiger partial charge in [0.05, 0.1) is 5.25 Å². The molecule has 0 bridgehead atoms. The summed E-state index contributed by atoms with van der Waals surface area (Å²) in [5.41, 5.74) is 0.939. The third kappa shape index (κ3) is 6.95. The quantitative estimate of drug-likeness (QED) is 0.397. The Morgan fingerprint density at radius 2 is 1.72 bits per heavy atom. The molecule has 0 radical (unpaired) electrons.